The molecule has 0 saturated carbocycles. The second-order valence-corrected chi connectivity index (χ2v) is 7.37. The molecule has 142 valence electrons. The summed E-state index contributed by atoms with van der Waals surface area (Å²) in [6, 6.07) is 9.82. The van der Waals surface area contributed by atoms with E-state index in [4.69, 9.17) is 21.1 Å². The molecule has 0 fully saturated rings. The van der Waals surface area contributed by atoms with Gasteiger partial charge < -0.3 is 14.8 Å². The lowest BCUT2D eigenvalue weighted by Crippen LogP contribution is -2.51. The van der Waals surface area contributed by atoms with Crippen LogP contribution in [0.5, 0.6) is 11.5 Å². The van der Waals surface area contributed by atoms with Crippen LogP contribution in [0.25, 0.3) is 0 Å². The highest BCUT2D eigenvalue weighted by Gasteiger charge is 2.33. The minimum Gasteiger partial charge on any atom is -0.496 e. The van der Waals surface area contributed by atoms with Crippen molar-refractivity contribution in [2.24, 2.45) is 0 Å². The van der Waals surface area contributed by atoms with Crippen molar-refractivity contribution >= 4 is 45.0 Å². The van der Waals surface area contributed by atoms with Crippen molar-refractivity contribution in [3.05, 3.63) is 51.5 Å². The third kappa shape index (κ3) is 4.20. The molecule has 2 aromatic rings. The summed E-state index contributed by atoms with van der Waals surface area (Å²) >= 11 is 9.46. The van der Waals surface area contributed by atoms with Gasteiger partial charge in [-0.3, -0.25) is 14.5 Å². The predicted octanol–water partition coefficient (Wildman–Crippen LogP) is 3.54. The summed E-state index contributed by atoms with van der Waals surface area (Å²) in [6.07, 6.45) is 0. The van der Waals surface area contributed by atoms with E-state index in [9.17, 15) is 9.59 Å². The molecule has 3 rings (SSSR count). The van der Waals surface area contributed by atoms with Crippen LogP contribution in [-0.2, 0) is 16.1 Å². The Labute approximate surface area is 170 Å². The molecule has 1 atom stereocenters. The minimum absolute atomic E-state index is 0.119. The van der Waals surface area contributed by atoms with Gasteiger partial charge >= 0.3 is 0 Å². The number of fused-ring (bicyclic) bond motifs is 1. The van der Waals surface area contributed by atoms with Crippen molar-refractivity contribution in [1.82, 2.24) is 5.32 Å². The van der Waals surface area contributed by atoms with Gasteiger partial charge in [-0.25, -0.2) is 0 Å². The molecule has 6 nitrogen and oxygen atoms in total. The number of ether oxygens (including phenoxy) is 2. The Morgan fingerprint density at radius 1 is 1.37 bits per heavy atom. The van der Waals surface area contributed by atoms with Crippen molar-refractivity contribution in [2.45, 2.75) is 19.5 Å². The van der Waals surface area contributed by atoms with E-state index in [-0.39, 0.29) is 25.0 Å². The molecule has 0 aliphatic carbocycles. The van der Waals surface area contributed by atoms with Gasteiger partial charge in [0.2, 0.25) is 5.91 Å². The van der Waals surface area contributed by atoms with Gasteiger partial charge in [0.05, 0.1) is 12.8 Å². The number of anilines is 1. The molecule has 1 aliphatic rings. The second-order valence-electron chi connectivity index (χ2n) is 6.01. The number of nitrogens with one attached hydrogen (secondary N) is 1. The van der Waals surface area contributed by atoms with Crippen molar-refractivity contribution in [2.75, 3.05) is 18.6 Å². The van der Waals surface area contributed by atoms with Crippen LogP contribution in [0.3, 0.4) is 0 Å². The molecule has 0 saturated heterocycles. The number of halogens is 2. The molecule has 1 aliphatic heterocycles. The molecular weight excluding hydrogens is 436 g/mol. The van der Waals surface area contributed by atoms with Gasteiger partial charge in [0.25, 0.3) is 5.91 Å². The summed E-state index contributed by atoms with van der Waals surface area (Å²) in [7, 11) is 1.57. The molecular formula is C19H18BrClN2O4. The summed E-state index contributed by atoms with van der Waals surface area (Å²) in [5, 5.41) is 3.32. The van der Waals surface area contributed by atoms with Gasteiger partial charge in [-0.2, -0.15) is 0 Å². The number of nitrogens with zero attached hydrogens (tertiary/aromatic N) is 1. The van der Waals surface area contributed by atoms with E-state index >= 15 is 0 Å². The largest absolute Gasteiger partial charge is 0.496 e. The Morgan fingerprint density at radius 3 is 2.89 bits per heavy atom. The first-order valence-corrected chi connectivity index (χ1v) is 9.42. The Bertz CT molecular complexity index is 890. The number of benzene rings is 2. The molecule has 1 unspecified atom stereocenters. The summed E-state index contributed by atoms with van der Waals surface area (Å²) in [4.78, 5) is 26.5. The number of rotatable bonds is 5. The monoisotopic (exact) mass is 452 g/mol. The summed E-state index contributed by atoms with van der Waals surface area (Å²) in [6.45, 7) is 1.82. The average molecular weight is 454 g/mol. The standard InChI is InChI=1S/C19H18BrClN2O4/c1-11(19(25)22-9-12-7-13(20)3-5-16(12)26-2)23-15-8-14(21)4-6-17(15)27-10-18(23)24/h3-8,11H,9-10H2,1-2H3,(H,22,25). The highest BCUT2D eigenvalue weighted by molar-refractivity contribution is 9.10. The van der Waals surface area contributed by atoms with Crippen LogP contribution in [-0.4, -0.2) is 31.6 Å². The zero-order chi connectivity index (χ0) is 19.6. The van der Waals surface area contributed by atoms with Crippen LogP contribution in [0.1, 0.15) is 12.5 Å². The molecule has 27 heavy (non-hydrogen) atoms. The molecule has 0 spiro atoms. The van der Waals surface area contributed by atoms with E-state index < -0.39 is 6.04 Å². The number of carbonyl (C=O) groups excluding carboxylic acids is 2. The fraction of sp³-hybridized carbons (Fsp3) is 0.263. The van der Waals surface area contributed by atoms with E-state index in [1.165, 1.54) is 4.90 Å². The Hall–Kier alpha value is -2.25. The van der Waals surface area contributed by atoms with E-state index in [2.05, 4.69) is 21.2 Å². The van der Waals surface area contributed by atoms with Crippen LogP contribution in [0.4, 0.5) is 5.69 Å². The minimum atomic E-state index is -0.725. The topological polar surface area (TPSA) is 67.9 Å². The summed E-state index contributed by atoms with van der Waals surface area (Å²) in [5.74, 6) is 0.601. The normalized spacial score (nSPS) is 14.2. The van der Waals surface area contributed by atoms with Gasteiger partial charge in [-0.15, -0.1) is 0 Å². The first-order chi connectivity index (χ1) is 12.9. The van der Waals surface area contributed by atoms with E-state index in [0.29, 0.717) is 22.2 Å². The quantitative estimate of drug-likeness (QED) is 0.752. The molecule has 0 bridgehead atoms. The number of hydrogen-bond acceptors (Lipinski definition) is 4. The van der Waals surface area contributed by atoms with Crippen molar-refractivity contribution < 1.29 is 19.1 Å². The SMILES string of the molecule is COc1ccc(Br)cc1CNC(=O)C(C)N1C(=O)COc2ccc(Cl)cc21. The number of carbonyl (C=O) groups is 2. The van der Waals surface area contributed by atoms with E-state index in [1.54, 1.807) is 32.2 Å². The lowest BCUT2D eigenvalue weighted by molar-refractivity contribution is -0.127. The van der Waals surface area contributed by atoms with Gasteiger partial charge in [0.1, 0.15) is 17.5 Å². The first-order valence-electron chi connectivity index (χ1n) is 8.25. The summed E-state index contributed by atoms with van der Waals surface area (Å²) < 4.78 is 11.6. The smallest absolute Gasteiger partial charge is 0.265 e. The molecule has 2 amide bonds. The van der Waals surface area contributed by atoms with Crippen molar-refractivity contribution in [3.8, 4) is 11.5 Å². The second kappa shape index (κ2) is 8.19. The van der Waals surface area contributed by atoms with Crippen LogP contribution in [0.2, 0.25) is 5.02 Å². The Kier molecular flexibility index (Phi) is 5.92. The molecule has 1 N–H and O–H groups in total. The molecule has 0 radical (unpaired) electrons. The van der Waals surface area contributed by atoms with E-state index in [1.807, 2.05) is 18.2 Å². The zero-order valence-electron chi connectivity index (χ0n) is 14.8. The highest BCUT2D eigenvalue weighted by Crippen LogP contribution is 2.35. The van der Waals surface area contributed by atoms with Crippen LogP contribution < -0.4 is 19.7 Å². The van der Waals surface area contributed by atoms with E-state index in [0.717, 1.165) is 10.0 Å². The Morgan fingerprint density at radius 2 is 2.15 bits per heavy atom. The maximum absolute atomic E-state index is 12.7. The number of methoxy groups -OCH3 is 1. The maximum Gasteiger partial charge on any atom is 0.265 e. The van der Waals surface area contributed by atoms with Crippen molar-refractivity contribution in [1.29, 1.82) is 0 Å². The highest BCUT2D eigenvalue weighted by atomic mass is 79.9. The molecule has 1 heterocycles. The lowest BCUT2D eigenvalue weighted by Gasteiger charge is -2.33. The Balaban J connectivity index is 1.77. The first kappa shape index (κ1) is 19.5. The number of amides is 2. The van der Waals surface area contributed by atoms with Gasteiger partial charge in [-0.1, -0.05) is 27.5 Å². The molecule has 2 aromatic carbocycles. The van der Waals surface area contributed by atoms with Crippen LogP contribution >= 0.6 is 27.5 Å². The van der Waals surface area contributed by atoms with Crippen LogP contribution in [0.15, 0.2) is 40.9 Å². The van der Waals surface area contributed by atoms with Gasteiger partial charge in [0.15, 0.2) is 6.61 Å². The van der Waals surface area contributed by atoms with Crippen LogP contribution in [0, 0.1) is 0 Å². The van der Waals surface area contributed by atoms with Gasteiger partial charge in [0, 0.05) is 21.6 Å². The third-order valence-electron chi connectivity index (χ3n) is 4.26. The average Bonchev–Trinajstić information content (AvgIpc) is 2.65. The number of hydrogen-bond donors (Lipinski definition) is 1. The zero-order valence-corrected chi connectivity index (χ0v) is 17.1. The predicted molar refractivity (Wildman–Crippen MR) is 106 cm³/mol. The third-order valence-corrected chi connectivity index (χ3v) is 4.99. The fourth-order valence-corrected chi connectivity index (χ4v) is 3.48. The van der Waals surface area contributed by atoms with Gasteiger partial charge in [-0.05, 0) is 43.3 Å². The lowest BCUT2D eigenvalue weighted by atomic mass is 10.1. The molecule has 0 aromatic heterocycles. The molecule has 8 heteroatoms. The maximum atomic E-state index is 12.7. The fourth-order valence-electron chi connectivity index (χ4n) is 2.90. The summed E-state index contributed by atoms with van der Waals surface area (Å²) in [5.41, 5.74) is 1.31. The van der Waals surface area contributed by atoms with Crippen molar-refractivity contribution in [3.63, 3.8) is 0 Å².